The number of aryl methyl sites for hydroxylation is 1. The molecule has 3 rings (SSSR count). The van der Waals surface area contributed by atoms with Gasteiger partial charge in [-0.2, -0.15) is 0 Å². The van der Waals surface area contributed by atoms with Gasteiger partial charge in [-0.3, -0.25) is 4.79 Å². The molecule has 2 heterocycles. The van der Waals surface area contributed by atoms with E-state index in [-0.39, 0.29) is 11.4 Å². The molecule has 0 bridgehead atoms. The van der Waals surface area contributed by atoms with Gasteiger partial charge in [0.15, 0.2) is 5.16 Å². The number of imidazole rings is 1. The number of nitrogens with zero attached hydrogens (tertiary/aromatic N) is 2. The summed E-state index contributed by atoms with van der Waals surface area (Å²) < 4.78 is 5.47. The van der Waals surface area contributed by atoms with Gasteiger partial charge < -0.3 is 19.9 Å². The average Bonchev–Trinajstić information content (AvgIpc) is 3.01. The number of hydrogen-bond acceptors (Lipinski definition) is 5. The maximum Gasteiger partial charge on any atom is 0.230 e. The minimum atomic E-state index is -0.00450. The third-order valence-electron chi connectivity index (χ3n) is 4.94. The number of ether oxygens (including phenoxy) is 1. The number of aromatic amines is 1. The molecule has 136 valence electrons. The lowest BCUT2D eigenvalue weighted by Gasteiger charge is -2.42. The van der Waals surface area contributed by atoms with E-state index in [1.807, 2.05) is 12.1 Å². The van der Waals surface area contributed by atoms with Crippen molar-refractivity contribution in [3.8, 4) is 0 Å². The number of rotatable bonds is 6. The van der Waals surface area contributed by atoms with Gasteiger partial charge >= 0.3 is 0 Å². The van der Waals surface area contributed by atoms with E-state index in [1.54, 1.807) is 0 Å². The topological polar surface area (TPSA) is 70.2 Å². The van der Waals surface area contributed by atoms with Crippen LogP contribution in [0, 0.1) is 6.92 Å². The van der Waals surface area contributed by atoms with Gasteiger partial charge in [0.1, 0.15) is 0 Å². The Hall–Kier alpha value is -1.57. The predicted octanol–water partition coefficient (Wildman–Crippen LogP) is 2.19. The maximum absolute atomic E-state index is 12.3. The number of H-pyrrole nitrogens is 1. The van der Waals surface area contributed by atoms with E-state index in [9.17, 15) is 4.79 Å². The standard InChI is InChI=1S/C18H26N4O2S/c1-13-4-5-14-15(10-13)21-17(20-14)25-11-16(23)19-12-18(22(2)3)6-8-24-9-7-18/h4-5,10H,6-9,11-12H2,1-3H3,(H,19,23)(H,20,21). The first-order chi connectivity index (χ1) is 12.0. The normalized spacial score (nSPS) is 17.1. The van der Waals surface area contributed by atoms with Crippen LogP contribution in [0.4, 0.5) is 0 Å². The van der Waals surface area contributed by atoms with E-state index >= 15 is 0 Å². The number of aromatic nitrogens is 2. The molecule has 2 N–H and O–H groups in total. The van der Waals surface area contributed by atoms with Gasteiger partial charge in [-0.25, -0.2) is 4.98 Å². The minimum Gasteiger partial charge on any atom is -0.381 e. The first-order valence-electron chi connectivity index (χ1n) is 8.60. The summed E-state index contributed by atoms with van der Waals surface area (Å²) in [5, 5.41) is 3.87. The number of fused-ring (bicyclic) bond motifs is 1. The van der Waals surface area contributed by atoms with E-state index in [0.717, 1.165) is 42.2 Å². The number of carbonyl (C=O) groups excluding carboxylic acids is 1. The van der Waals surface area contributed by atoms with E-state index in [4.69, 9.17) is 4.74 Å². The summed E-state index contributed by atoms with van der Waals surface area (Å²) in [5.41, 5.74) is 3.13. The second kappa shape index (κ2) is 7.76. The summed E-state index contributed by atoms with van der Waals surface area (Å²) in [6.45, 7) is 4.21. The first-order valence-corrected chi connectivity index (χ1v) is 9.58. The van der Waals surface area contributed by atoms with Crippen molar-refractivity contribution in [3.05, 3.63) is 23.8 Å². The van der Waals surface area contributed by atoms with Crippen molar-refractivity contribution in [1.82, 2.24) is 20.2 Å². The quantitative estimate of drug-likeness (QED) is 0.771. The van der Waals surface area contributed by atoms with Crippen molar-refractivity contribution < 1.29 is 9.53 Å². The maximum atomic E-state index is 12.3. The molecular weight excluding hydrogens is 336 g/mol. The van der Waals surface area contributed by atoms with Crippen LogP contribution in [0.25, 0.3) is 11.0 Å². The van der Waals surface area contributed by atoms with Crippen LogP contribution < -0.4 is 5.32 Å². The largest absolute Gasteiger partial charge is 0.381 e. The SMILES string of the molecule is Cc1ccc2nc(SCC(=O)NCC3(N(C)C)CCOCC3)[nH]c2c1. The van der Waals surface area contributed by atoms with Gasteiger partial charge in [0.2, 0.25) is 5.91 Å². The van der Waals surface area contributed by atoms with Gasteiger partial charge in [0.05, 0.1) is 16.8 Å². The molecule has 25 heavy (non-hydrogen) atoms. The molecule has 7 heteroatoms. The highest BCUT2D eigenvalue weighted by Crippen LogP contribution is 2.25. The summed E-state index contributed by atoms with van der Waals surface area (Å²) in [5.74, 6) is 0.396. The van der Waals surface area contributed by atoms with Crippen molar-refractivity contribution >= 4 is 28.7 Å². The van der Waals surface area contributed by atoms with Crippen LogP contribution in [0.15, 0.2) is 23.4 Å². The smallest absolute Gasteiger partial charge is 0.230 e. The Balaban J connectivity index is 1.53. The number of nitrogens with one attached hydrogen (secondary N) is 2. The second-order valence-corrected chi connectivity index (χ2v) is 7.82. The first kappa shape index (κ1) is 18.2. The zero-order valence-electron chi connectivity index (χ0n) is 15.1. The lowest BCUT2D eigenvalue weighted by atomic mass is 9.88. The highest BCUT2D eigenvalue weighted by molar-refractivity contribution is 7.99. The Bertz CT molecular complexity index is 738. The number of amides is 1. The molecule has 1 amide bonds. The molecule has 0 spiro atoms. The Morgan fingerprint density at radius 2 is 2.16 bits per heavy atom. The van der Waals surface area contributed by atoms with Gasteiger partial charge in [-0.05, 0) is 51.6 Å². The molecule has 2 aromatic rings. The Kier molecular flexibility index (Phi) is 5.66. The van der Waals surface area contributed by atoms with E-state index < -0.39 is 0 Å². The summed E-state index contributed by atoms with van der Waals surface area (Å²) in [6.07, 6.45) is 1.88. The Morgan fingerprint density at radius 3 is 2.88 bits per heavy atom. The Morgan fingerprint density at radius 1 is 1.40 bits per heavy atom. The highest BCUT2D eigenvalue weighted by Gasteiger charge is 2.35. The summed E-state index contributed by atoms with van der Waals surface area (Å²) in [4.78, 5) is 22.3. The fraction of sp³-hybridized carbons (Fsp3) is 0.556. The van der Waals surface area contributed by atoms with E-state index in [2.05, 4.69) is 47.3 Å². The second-order valence-electron chi connectivity index (χ2n) is 6.86. The average molecular weight is 362 g/mol. The fourth-order valence-electron chi connectivity index (χ4n) is 3.15. The molecule has 0 aliphatic carbocycles. The number of hydrogen-bond donors (Lipinski definition) is 2. The van der Waals surface area contributed by atoms with Crippen molar-refractivity contribution in [2.75, 3.05) is 39.6 Å². The zero-order valence-corrected chi connectivity index (χ0v) is 15.9. The van der Waals surface area contributed by atoms with E-state index in [0.29, 0.717) is 12.3 Å². The van der Waals surface area contributed by atoms with Crippen LogP contribution in [0.1, 0.15) is 18.4 Å². The molecule has 1 aromatic carbocycles. The van der Waals surface area contributed by atoms with Crippen LogP contribution >= 0.6 is 11.8 Å². The van der Waals surface area contributed by atoms with Crippen LogP contribution in [-0.2, 0) is 9.53 Å². The Labute approximate surface area is 152 Å². The van der Waals surface area contributed by atoms with Gasteiger partial charge in [-0.1, -0.05) is 17.8 Å². The molecular formula is C18H26N4O2S. The zero-order chi connectivity index (χ0) is 17.9. The van der Waals surface area contributed by atoms with Crippen LogP contribution in [0.3, 0.4) is 0 Å². The van der Waals surface area contributed by atoms with Crippen LogP contribution in [-0.4, -0.2) is 65.9 Å². The predicted molar refractivity (Wildman–Crippen MR) is 101 cm³/mol. The third-order valence-corrected chi connectivity index (χ3v) is 5.82. The lowest BCUT2D eigenvalue weighted by molar-refractivity contribution is -0.119. The number of benzene rings is 1. The number of carbonyl (C=O) groups is 1. The molecule has 1 aliphatic heterocycles. The summed E-state index contributed by atoms with van der Waals surface area (Å²) >= 11 is 1.44. The monoisotopic (exact) mass is 362 g/mol. The molecule has 0 saturated carbocycles. The van der Waals surface area contributed by atoms with Gasteiger partial charge in [0, 0.05) is 25.3 Å². The van der Waals surface area contributed by atoms with Crippen molar-refractivity contribution in [2.24, 2.45) is 0 Å². The molecule has 1 aliphatic rings. The number of thioether (sulfide) groups is 1. The van der Waals surface area contributed by atoms with Crippen molar-refractivity contribution in [1.29, 1.82) is 0 Å². The molecule has 0 atom stereocenters. The molecule has 1 fully saturated rings. The third kappa shape index (κ3) is 4.34. The van der Waals surface area contributed by atoms with Crippen molar-refractivity contribution in [3.63, 3.8) is 0 Å². The molecule has 6 nitrogen and oxygen atoms in total. The van der Waals surface area contributed by atoms with E-state index in [1.165, 1.54) is 17.3 Å². The molecule has 0 unspecified atom stereocenters. The minimum absolute atomic E-state index is 0.00450. The summed E-state index contributed by atoms with van der Waals surface area (Å²) in [7, 11) is 4.14. The molecule has 1 aromatic heterocycles. The van der Waals surface area contributed by atoms with Crippen molar-refractivity contribution in [2.45, 2.75) is 30.5 Å². The highest BCUT2D eigenvalue weighted by atomic mass is 32.2. The van der Waals surface area contributed by atoms with Crippen LogP contribution in [0.2, 0.25) is 0 Å². The number of likely N-dealkylation sites (N-methyl/N-ethyl adjacent to an activating group) is 1. The molecule has 1 saturated heterocycles. The van der Waals surface area contributed by atoms with Gasteiger partial charge in [-0.15, -0.1) is 0 Å². The fourth-order valence-corrected chi connectivity index (χ4v) is 3.86. The lowest BCUT2D eigenvalue weighted by Crippen LogP contribution is -2.55. The van der Waals surface area contributed by atoms with Gasteiger partial charge in [0.25, 0.3) is 0 Å². The summed E-state index contributed by atoms with van der Waals surface area (Å²) in [6, 6.07) is 6.11. The van der Waals surface area contributed by atoms with Crippen LogP contribution in [0.5, 0.6) is 0 Å². The molecule has 0 radical (unpaired) electrons.